The molecule has 1 amide bonds. The summed E-state index contributed by atoms with van der Waals surface area (Å²) in [6.45, 7) is 5.42. The molecule has 0 heterocycles. The van der Waals surface area contributed by atoms with Crippen molar-refractivity contribution >= 4 is 21.6 Å². The highest BCUT2D eigenvalue weighted by atomic mass is 32.2. The zero-order valence-corrected chi connectivity index (χ0v) is 21.5. The van der Waals surface area contributed by atoms with Gasteiger partial charge in [0.15, 0.2) is 0 Å². The average Bonchev–Trinajstić information content (AvgIpc) is 2.84. The molecule has 3 aromatic carbocycles. The van der Waals surface area contributed by atoms with Crippen LogP contribution in [0.15, 0.2) is 65.6 Å². The fourth-order valence-corrected chi connectivity index (χ4v) is 6.06. The zero-order chi connectivity index (χ0) is 25.2. The van der Waals surface area contributed by atoms with Gasteiger partial charge in [-0.25, -0.2) is 8.42 Å². The van der Waals surface area contributed by atoms with Crippen molar-refractivity contribution in [3.05, 3.63) is 88.5 Å². The highest BCUT2D eigenvalue weighted by molar-refractivity contribution is 7.92. The fourth-order valence-electron chi connectivity index (χ4n) is 4.58. The van der Waals surface area contributed by atoms with Gasteiger partial charge in [0, 0.05) is 0 Å². The van der Waals surface area contributed by atoms with Crippen molar-refractivity contribution in [2.75, 3.05) is 18.0 Å². The van der Waals surface area contributed by atoms with Crippen LogP contribution in [0.4, 0.5) is 5.69 Å². The maximum atomic E-state index is 13.7. The zero-order valence-electron chi connectivity index (χ0n) is 20.7. The van der Waals surface area contributed by atoms with E-state index in [0.29, 0.717) is 5.69 Å². The number of carbonyl (C=O) groups is 1. The van der Waals surface area contributed by atoms with Crippen LogP contribution in [-0.2, 0) is 21.2 Å². The van der Waals surface area contributed by atoms with E-state index in [-0.39, 0.29) is 23.4 Å². The van der Waals surface area contributed by atoms with E-state index in [0.717, 1.165) is 52.8 Å². The van der Waals surface area contributed by atoms with Crippen molar-refractivity contribution in [2.45, 2.75) is 51.0 Å². The van der Waals surface area contributed by atoms with Gasteiger partial charge >= 0.3 is 0 Å². The summed E-state index contributed by atoms with van der Waals surface area (Å²) in [6.07, 6.45) is 2.67. The van der Waals surface area contributed by atoms with Gasteiger partial charge in [-0.15, -0.1) is 0 Å². The van der Waals surface area contributed by atoms with Gasteiger partial charge in [-0.1, -0.05) is 35.9 Å². The van der Waals surface area contributed by atoms with Crippen molar-refractivity contribution in [2.24, 2.45) is 0 Å². The summed E-state index contributed by atoms with van der Waals surface area (Å²) in [5, 5.41) is 3.09. The number of ether oxygens (including phenoxy) is 1. The van der Waals surface area contributed by atoms with Gasteiger partial charge in [0.2, 0.25) is 5.91 Å². The molecule has 1 atom stereocenters. The SMILES string of the molecule is COc1ccc2c(c1)CCCC2NC(=O)CN(c1cccc(C)c1C)S(=O)(=O)c1ccc(C)cc1. The number of rotatable bonds is 7. The number of hydrogen-bond acceptors (Lipinski definition) is 4. The third-order valence-corrected chi connectivity index (χ3v) is 8.51. The Labute approximate surface area is 208 Å². The summed E-state index contributed by atoms with van der Waals surface area (Å²) < 4.78 is 34.0. The summed E-state index contributed by atoms with van der Waals surface area (Å²) in [5.41, 5.74) is 5.47. The molecule has 4 rings (SSSR count). The third-order valence-electron chi connectivity index (χ3n) is 6.74. The molecule has 0 spiro atoms. The summed E-state index contributed by atoms with van der Waals surface area (Å²) >= 11 is 0. The van der Waals surface area contributed by atoms with E-state index in [2.05, 4.69) is 5.32 Å². The minimum absolute atomic E-state index is 0.159. The van der Waals surface area contributed by atoms with E-state index in [1.54, 1.807) is 37.4 Å². The number of nitrogens with zero attached hydrogens (tertiary/aromatic N) is 1. The van der Waals surface area contributed by atoms with E-state index in [4.69, 9.17) is 4.74 Å². The Kier molecular flexibility index (Phi) is 7.17. The lowest BCUT2D eigenvalue weighted by Gasteiger charge is -2.29. The molecular weight excluding hydrogens is 460 g/mol. The van der Waals surface area contributed by atoms with Crippen molar-refractivity contribution < 1.29 is 17.9 Å². The molecule has 1 N–H and O–H groups in total. The lowest BCUT2D eigenvalue weighted by Crippen LogP contribution is -2.42. The van der Waals surface area contributed by atoms with Gasteiger partial charge in [0.05, 0.1) is 23.7 Å². The van der Waals surface area contributed by atoms with Gasteiger partial charge in [0.1, 0.15) is 12.3 Å². The molecule has 0 aliphatic heterocycles. The third kappa shape index (κ3) is 5.20. The first-order chi connectivity index (χ1) is 16.7. The van der Waals surface area contributed by atoms with E-state index in [9.17, 15) is 13.2 Å². The standard InChI is InChI=1S/C28H32N2O4S/c1-19-11-14-24(15-12-19)35(32,33)30(27-10-5-7-20(2)21(27)3)18-28(31)29-26-9-6-8-22-17-23(34-4)13-16-25(22)26/h5,7,10-17,26H,6,8-9,18H2,1-4H3,(H,29,31). The van der Waals surface area contributed by atoms with E-state index in [1.807, 2.05) is 51.1 Å². The second-order valence-corrected chi connectivity index (χ2v) is 11.0. The van der Waals surface area contributed by atoms with Crippen LogP contribution < -0.4 is 14.4 Å². The minimum Gasteiger partial charge on any atom is -0.497 e. The first-order valence-corrected chi connectivity index (χ1v) is 13.3. The molecule has 0 aromatic heterocycles. The predicted molar refractivity (Wildman–Crippen MR) is 138 cm³/mol. The van der Waals surface area contributed by atoms with Crippen LogP contribution in [0.3, 0.4) is 0 Å². The Morgan fingerprint density at radius 3 is 2.51 bits per heavy atom. The van der Waals surface area contributed by atoms with Crippen LogP contribution in [0.25, 0.3) is 0 Å². The molecule has 3 aromatic rings. The Morgan fingerprint density at radius 2 is 1.80 bits per heavy atom. The number of hydrogen-bond donors (Lipinski definition) is 1. The number of nitrogens with one attached hydrogen (secondary N) is 1. The number of sulfonamides is 1. The molecule has 1 aliphatic carbocycles. The predicted octanol–water partition coefficient (Wildman–Crippen LogP) is 5.01. The van der Waals surface area contributed by atoms with Crippen molar-refractivity contribution in [1.82, 2.24) is 5.32 Å². The Morgan fingerprint density at radius 1 is 1.06 bits per heavy atom. The van der Waals surface area contributed by atoms with Gasteiger partial charge in [-0.2, -0.15) is 0 Å². The van der Waals surface area contributed by atoms with Crippen LogP contribution in [0, 0.1) is 20.8 Å². The quantitative estimate of drug-likeness (QED) is 0.503. The molecule has 0 radical (unpaired) electrons. The molecule has 7 heteroatoms. The van der Waals surface area contributed by atoms with Crippen LogP contribution in [0.1, 0.15) is 46.7 Å². The summed E-state index contributed by atoms with van der Waals surface area (Å²) in [6, 6.07) is 17.9. The van der Waals surface area contributed by atoms with Crippen LogP contribution in [0.5, 0.6) is 5.75 Å². The first kappa shape index (κ1) is 24.8. The monoisotopic (exact) mass is 492 g/mol. The molecule has 35 heavy (non-hydrogen) atoms. The Balaban J connectivity index is 1.65. The molecule has 0 bridgehead atoms. The maximum absolute atomic E-state index is 13.7. The van der Waals surface area contributed by atoms with Crippen molar-refractivity contribution in [3.8, 4) is 5.75 Å². The molecule has 6 nitrogen and oxygen atoms in total. The minimum atomic E-state index is -3.96. The van der Waals surface area contributed by atoms with E-state index < -0.39 is 10.0 Å². The lowest BCUT2D eigenvalue weighted by molar-refractivity contribution is -0.120. The molecule has 0 saturated heterocycles. The first-order valence-electron chi connectivity index (χ1n) is 11.8. The van der Waals surface area contributed by atoms with Crippen molar-refractivity contribution in [1.29, 1.82) is 0 Å². The van der Waals surface area contributed by atoms with Crippen LogP contribution in [-0.4, -0.2) is 28.0 Å². The second kappa shape index (κ2) is 10.1. The van der Waals surface area contributed by atoms with Gasteiger partial charge in [0.25, 0.3) is 10.0 Å². The molecule has 1 aliphatic rings. The van der Waals surface area contributed by atoms with Crippen LogP contribution >= 0.6 is 0 Å². The van der Waals surface area contributed by atoms with E-state index in [1.165, 1.54) is 4.31 Å². The normalized spacial score (nSPS) is 15.3. The molecular formula is C28H32N2O4S. The fraction of sp³-hybridized carbons (Fsp3) is 0.321. The largest absolute Gasteiger partial charge is 0.497 e. The van der Waals surface area contributed by atoms with Gasteiger partial charge < -0.3 is 10.1 Å². The number of benzene rings is 3. The number of amides is 1. The smallest absolute Gasteiger partial charge is 0.264 e. The highest BCUT2D eigenvalue weighted by Crippen LogP contribution is 2.33. The summed E-state index contributed by atoms with van der Waals surface area (Å²) in [7, 11) is -2.32. The van der Waals surface area contributed by atoms with E-state index >= 15 is 0 Å². The molecule has 1 unspecified atom stereocenters. The van der Waals surface area contributed by atoms with Gasteiger partial charge in [-0.05, 0) is 92.6 Å². The highest BCUT2D eigenvalue weighted by Gasteiger charge is 2.30. The summed E-state index contributed by atoms with van der Waals surface area (Å²) in [5.74, 6) is 0.455. The molecule has 0 saturated carbocycles. The second-order valence-electron chi connectivity index (χ2n) is 9.12. The Bertz CT molecular complexity index is 1330. The van der Waals surface area contributed by atoms with Crippen LogP contribution in [0.2, 0.25) is 0 Å². The van der Waals surface area contributed by atoms with Gasteiger partial charge in [-0.3, -0.25) is 9.10 Å². The molecule has 184 valence electrons. The number of aryl methyl sites for hydroxylation is 3. The molecule has 0 fully saturated rings. The number of anilines is 1. The number of methoxy groups -OCH3 is 1. The number of fused-ring (bicyclic) bond motifs is 1. The lowest BCUT2D eigenvalue weighted by atomic mass is 9.87. The maximum Gasteiger partial charge on any atom is 0.264 e. The van der Waals surface area contributed by atoms with Crippen molar-refractivity contribution in [3.63, 3.8) is 0 Å². The Hall–Kier alpha value is -3.32. The topological polar surface area (TPSA) is 75.7 Å². The number of carbonyl (C=O) groups excluding carboxylic acids is 1. The average molecular weight is 493 g/mol. The summed E-state index contributed by atoms with van der Waals surface area (Å²) in [4.78, 5) is 13.5.